The summed E-state index contributed by atoms with van der Waals surface area (Å²) >= 11 is 0. The second kappa shape index (κ2) is 11.1. The van der Waals surface area contributed by atoms with Gasteiger partial charge in [0, 0.05) is 25.7 Å². The van der Waals surface area contributed by atoms with Crippen molar-refractivity contribution in [2.24, 2.45) is 0 Å². The van der Waals surface area contributed by atoms with Crippen LogP contribution in [0, 0.1) is 6.92 Å². The van der Waals surface area contributed by atoms with Crippen LogP contribution in [0.5, 0.6) is 0 Å². The van der Waals surface area contributed by atoms with Crippen molar-refractivity contribution >= 4 is 21.9 Å². The molecule has 2 heterocycles. The van der Waals surface area contributed by atoms with Crippen LogP contribution < -0.4 is 0 Å². The average Bonchev–Trinajstić information content (AvgIpc) is 2.82. The van der Waals surface area contributed by atoms with Crippen LogP contribution in [0.15, 0.2) is 29.2 Å². The fourth-order valence-electron chi connectivity index (χ4n) is 4.22. The third kappa shape index (κ3) is 6.09. The molecule has 2 aromatic rings. The molecule has 1 aromatic carbocycles. The molecule has 0 saturated carbocycles. The van der Waals surface area contributed by atoms with E-state index < -0.39 is 44.6 Å². The van der Waals surface area contributed by atoms with E-state index in [4.69, 9.17) is 4.74 Å². The van der Waals surface area contributed by atoms with E-state index in [9.17, 15) is 31.2 Å². The zero-order valence-electron chi connectivity index (χ0n) is 21.0. The lowest BCUT2D eigenvalue weighted by atomic mass is 10.1. The summed E-state index contributed by atoms with van der Waals surface area (Å²) in [6, 6.07) is 2.81. The molecule has 0 bridgehead atoms. The molecule has 0 aliphatic carbocycles. The zero-order valence-corrected chi connectivity index (χ0v) is 21.8. The number of hydrogen-bond donors (Lipinski definition) is 0. The third-order valence-corrected chi connectivity index (χ3v) is 7.90. The second-order valence-electron chi connectivity index (χ2n) is 8.65. The van der Waals surface area contributed by atoms with Gasteiger partial charge < -0.3 is 9.64 Å². The SMILES string of the molecule is CCCc1nc(C)nc(C(=O)N2CCN(S(=O)(=O)c3cccc(C(F)(F)F)c3)C(C)C2)c1C(=O)OCC. The molecular weight excluding hydrogens is 513 g/mol. The molecule has 3 rings (SSSR count). The first-order chi connectivity index (χ1) is 17.3. The largest absolute Gasteiger partial charge is 0.462 e. The topological polar surface area (TPSA) is 110 Å². The van der Waals surface area contributed by atoms with Gasteiger partial charge in [0.15, 0.2) is 0 Å². The summed E-state index contributed by atoms with van der Waals surface area (Å²) in [5.74, 6) is -0.986. The number of carbonyl (C=O) groups is 2. The molecule has 1 saturated heterocycles. The molecule has 13 heteroatoms. The molecule has 9 nitrogen and oxygen atoms in total. The van der Waals surface area contributed by atoms with Crippen molar-refractivity contribution < 1.29 is 35.9 Å². The Morgan fingerprint density at radius 2 is 1.86 bits per heavy atom. The molecule has 0 spiro atoms. The molecule has 37 heavy (non-hydrogen) atoms. The Bertz CT molecular complexity index is 1280. The number of aromatic nitrogens is 2. The van der Waals surface area contributed by atoms with Crippen LogP contribution in [-0.4, -0.2) is 71.8 Å². The first-order valence-electron chi connectivity index (χ1n) is 11.8. The number of alkyl halides is 3. The lowest BCUT2D eigenvalue weighted by Crippen LogP contribution is -2.55. The Morgan fingerprint density at radius 1 is 1.16 bits per heavy atom. The summed E-state index contributed by atoms with van der Waals surface area (Å²) in [7, 11) is -4.26. The molecule has 1 aromatic heterocycles. The van der Waals surface area contributed by atoms with Crippen LogP contribution in [0.25, 0.3) is 0 Å². The van der Waals surface area contributed by atoms with Crippen molar-refractivity contribution in [3.63, 3.8) is 0 Å². The molecular formula is C24H29F3N4O5S. The number of piperazine rings is 1. The van der Waals surface area contributed by atoms with Crippen molar-refractivity contribution in [1.82, 2.24) is 19.2 Å². The second-order valence-corrected chi connectivity index (χ2v) is 10.5. The molecule has 1 aliphatic rings. The van der Waals surface area contributed by atoms with Gasteiger partial charge in [0.1, 0.15) is 17.1 Å². The Kier molecular flexibility index (Phi) is 8.58. The van der Waals surface area contributed by atoms with Gasteiger partial charge in [0.25, 0.3) is 5.91 Å². The van der Waals surface area contributed by atoms with Gasteiger partial charge in [-0.3, -0.25) is 4.79 Å². The fraction of sp³-hybridized carbons (Fsp3) is 0.500. The number of benzene rings is 1. The van der Waals surface area contributed by atoms with Crippen molar-refractivity contribution in [3.05, 3.63) is 52.6 Å². The monoisotopic (exact) mass is 542 g/mol. The van der Waals surface area contributed by atoms with Crippen LogP contribution >= 0.6 is 0 Å². The van der Waals surface area contributed by atoms with Gasteiger partial charge in [0.05, 0.1) is 22.8 Å². The lowest BCUT2D eigenvalue weighted by Gasteiger charge is -2.39. The highest BCUT2D eigenvalue weighted by Crippen LogP contribution is 2.32. The minimum Gasteiger partial charge on any atom is -0.462 e. The smallest absolute Gasteiger partial charge is 0.416 e. The Hall–Kier alpha value is -3.06. The van der Waals surface area contributed by atoms with Gasteiger partial charge in [-0.15, -0.1) is 0 Å². The Morgan fingerprint density at radius 3 is 2.46 bits per heavy atom. The normalized spacial score (nSPS) is 17.1. The number of halogens is 3. The molecule has 202 valence electrons. The van der Waals surface area contributed by atoms with Crippen molar-refractivity contribution in [2.45, 2.75) is 57.7 Å². The lowest BCUT2D eigenvalue weighted by molar-refractivity contribution is -0.137. The molecule has 1 unspecified atom stereocenters. The number of carbonyl (C=O) groups excluding carboxylic acids is 2. The number of esters is 1. The van der Waals surface area contributed by atoms with Gasteiger partial charge in [-0.2, -0.15) is 17.5 Å². The minimum atomic E-state index is -4.69. The highest BCUT2D eigenvalue weighted by atomic mass is 32.2. The maximum atomic E-state index is 13.5. The number of hydrogen-bond acceptors (Lipinski definition) is 7. The predicted octanol–water partition coefficient (Wildman–Crippen LogP) is 3.47. The molecule has 1 atom stereocenters. The maximum Gasteiger partial charge on any atom is 0.416 e. The summed E-state index contributed by atoms with van der Waals surface area (Å²) in [5.41, 5.74) is -0.791. The number of amides is 1. The average molecular weight is 543 g/mol. The van der Waals surface area contributed by atoms with E-state index in [-0.39, 0.29) is 37.5 Å². The number of rotatable bonds is 7. The van der Waals surface area contributed by atoms with Gasteiger partial charge in [-0.05, 0) is 45.4 Å². The first-order valence-corrected chi connectivity index (χ1v) is 13.3. The van der Waals surface area contributed by atoms with Gasteiger partial charge >= 0.3 is 12.1 Å². The van der Waals surface area contributed by atoms with E-state index in [1.807, 2.05) is 6.92 Å². The van der Waals surface area contributed by atoms with E-state index in [2.05, 4.69) is 9.97 Å². The van der Waals surface area contributed by atoms with Crippen LogP contribution in [-0.2, 0) is 27.4 Å². The third-order valence-electron chi connectivity index (χ3n) is 5.89. The van der Waals surface area contributed by atoms with Gasteiger partial charge in [0.2, 0.25) is 10.0 Å². The predicted molar refractivity (Wildman–Crippen MR) is 127 cm³/mol. The quantitative estimate of drug-likeness (QED) is 0.493. The zero-order chi connectivity index (χ0) is 27.5. The molecule has 0 radical (unpaired) electrons. The Balaban J connectivity index is 1.89. The standard InChI is InChI=1S/C24H29F3N4O5S/c1-5-8-19-20(23(33)36-6-2)21(29-16(4)28-19)22(32)30-11-12-31(15(3)14-30)37(34,35)18-10-7-9-17(13-18)24(25,26)27/h7,9-10,13,15H,5-6,8,11-12,14H2,1-4H3. The summed E-state index contributed by atoms with van der Waals surface area (Å²) in [5, 5.41) is 0. The van der Waals surface area contributed by atoms with Crippen LogP contribution in [0.4, 0.5) is 13.2 Å². The minimum absolute atomic E-state index is 0.00836. The number of nitrogens with zero attached hydrogens (tertiary/aromatic N) is 4. The highest BCUT2D eigenvalue weighted by Gasteiger charge is 2.38. The van der Waals surface area contributed by atoms with Crippen molar-refractivity contribution in [3.8, 4) is 0 Å². The summed E-state index contributed by atoms with van der Waals surface area (Å²) in [6.45, 7) is 6.55. The number of ether oxygens (including phenoxy) is 1. The van der Waals surface area contributed by atoms with Crippen LogP contribution in [0.2, 0.25) is 0 Å². The van der Waals surface area contributed by atoms with Crippen molar-refractivity contribution in [1.29, 1.82) is 0 Å². The van der Waals surface area contributed by atoms with E-state index in [0.29, 0.717) is 30.4 Å². The van der Waals surface area contributed by atoms with Crippen LogP contribution in [0.3, 0.4) is 0 Å². The molecule has 1 amide bonds. The van der Waals surface area contributed by atoms with Crippen molar-refractivity contribution in [2.75, 3.05) is 26.2 Å². The highest BCUT2D eigenvalue weighted by molar-refractivity contribution is 7.89. The molecule has 0 N–H and O–H groups in total. The van der Waals surface area contributed by atoms with Gasteiger partial charge in [-0.1, -0.05) is 19.4 Å². The van der Waals surface area contributed by atoms with Gasteiger partial charge in [-0.25, -0.2) is 23.2 Å². The summed E-state index contributed by atoms with van der Waals surface area (Å²) < 4.78 is 71.9. The van der Waals surface area contributed by atoms with E-state index >= 15 is 0 Å². The number of sulfonamides is 1. The Labute approximate surface area is 213 Å². The number of aryl methyl sites for hydroxylation is 2. The fourth-order valence-corrected chi connectivity index (χ4v) is 5.88. The molecule has 1 fully saturated rings. The summed E-state index contributed by atoms with van der Waals surface area (Å²) in [6.07, 6.45) is -3.60. The summed E-state index contributed by atoms with van der Waals surface area (Å²) in [4.78, 5) is 35.7. The van der Waals surface area contributed by atoms with E-state index in [0.717, 1.165) is 22.5 Å². The van der Waals surface area contributed by atoms with Crippen LogP contribution in [0.1, 0.15) is 65.1 Å². The maximum absolute atomic E-state index is 13.5. The first kappa shape index (κ1) is 28.5. The van der Waals surface area contributed by atoms with E-state index in [1.165, 1.54) is 4.90 Å². The van der Waals surface area contributed by atoms with E-state index in [1.54, 1.807) is 20.8 Å². The molecule has 1 aliphatic heterocycles.